The molecule has 0 bridgehead atoms. The van der Waals surface area contributed by atoms with Crippen LogP contribution in [-0.4, -0.2) is 62.6 Å². The van der Waals surface area contributed by atoms with Crippen molar-refractivity contribution in [2.75, 3.05) is 24.7 Å². The van der Waals surface area contributed by atoms with E-state index in [2.05, 4.69) is 0 Å². The predicted octanol–water partition coefficient (Wildman–Crippen LogP) is 2.30. The summed E-state index contributed by atoms with van der Waals surface area (Å²) in [6, 6.07) is 18.2. The van der Waals surface area contributed by atoms with Gasteiger partial charge in [-0.3, -0.25) is 9.11 Å². The van der Waals surface area contributed by atoms with Crippen molar-refractivity contribution in [3.8, 4) is 0 Å². The largest absolute Gasteiger partial charge is 0.462 e. The Morgan fingerprint density at radius 3 is 1.60 bits per heavy atom. The predicted molar refractivity (Wildman–Crippen MR) is 127 cm³/mol. The van der Waals surface area contributed by atoms with Gasteiger partial charge in [0.1, 0.15) is 17.9 Å². The zero-order valence-electron chi connectivity index (χ0n) is 18.4. The normalized spacial score (nSPS) is 12.0. The molecular formula is C23H24O10S2. The third-order valence-electron chi connectivity index (χ3n) is 4.38. The maximum Gasteiger partial charge on any atom is 0.345 e. The number of allylic oxidation sites excluding steroid dienone is 2. The Balaban J connectivity index is 2.36. The van der Waals surface area contributed by atoms with Gasteiger partial charge in [-0.25, -0.2) is 9.59 Å². The van der Waals surface area contributed by atoms with E-state index in [-0.39, 0.29) is 6.42 Å². The number of carbonyl (C=O) groups excluding carboxylic acids is 2. The van der Waals surface area contributed by atoms with E-state index < -0.39 is 62.5 Å². The van der Waals surface area contributed by atoms with Crippen molar-refractivity contribution < 1.29 is 45.0 Å². The molecule has 0 aliphatic heterocycles. The quantitative estimate of drug-likeness (QED) is 0.0801. The second-order valence-electron chi connectivity index (χ2n) is 7.09. The molecule has 0 amide bonds. The Morgan fingerprint density at radius 2 is 1.14 bits per heavy atom. The summed E-state index contributed by atoms with van der Waals surface area (Å²) in [5, 5.41) is 0. The molecule has 188 valence electrons. The average molecular weight is 525 g/mol. The highest BCUT2D eigenvalue weighted by molar-refractivity contribution is 7.86. The molecule has 10 nitrogen and oxygen atoms in total. The van der Waals surface area contributed by atoms with E-state index in [4.69, 9.17) is 18.6 Å². The summed E-state index contributed by atoms with van der Waals surface area (Å²) in [5.74, 6) is -3.87. The first-order valence-electron chi connectivity index (χ1n) is 10.2. The molecule has 0 spiro atoms. The van der Waals surface area contributed by atoms with Gasteiger partial charge in [0, 0.05) is 0 Å². The number of benzene rings is 2. The summed E-state index contributed by atoms with van der Waals surface area (Å²) >= 11 is 0. The lowest BCUT2D eigenvalue weighted by molar-refractivity contribution is -0.146. The van der Waals surface area contributed by atoms with Crippen molar-refractivity contribution in [2.45, 2.75) is 6.42 Å². The maximum atomic E-state index is 12.6. The van der Waals surface area contributed by atoms with E-state index in [1.165, 1.54) is 6.08 Å². The van der Waals surface area contributed by atoms with Crippen molar-refractivity contribution >= 4 is 37.7 Å². The zero-order chi connectivity index (χ0) is 25.9. The van der Waals surface area contributed by atoms with E-state index in [1.807, 2.05) is 60.7 Å². The lowest BCUT2D eigenvalue weighted by Crippen LogP contribution is -2.22. The van der Waals surface area contributed by atoms with Crippen molar-refractivity contribution in [1.29, 1.82) is 0 Å². The van der Waals surface area contributed by atoms with Crippen LogP contribution in [0.1, 0.15) is 17.5 Å². The molecule has 2 N–H and O–H groups in total. The molecule has 0 fully saturated rings. The smallest absolute Gasteiger partial charge is 0.345 e. The molecule has 0 radical (unpaired) electrons. The summed E-state index contributed by atoms with van der Waals surface area (Å²) in [6.07, 6.45) is 2.42. The lowest BCUT2D eigenvalue weighted by Gasteiger charge is -2.10. The third-order valence-corrected chi connectivity index (χ3v) is 5.87. The number of carbonyl (C=O) groups is 2. The van der Waals surface area contributed by atoms with Crippen LogP contribution in [0.3, 0.4) is 0 Å². The maximum absolute atomic E-state index is 12.6. The van der Waals surface area contributed by atoms with Crippen LogP contribution < -0.4 is 0 Å². The molecule has 12 heteroatoms. The molecule has 0 unspecified atom stereocenters. The number of ether oxygens (including phenoxy) is 2. The molecule has 0 aromatic heterocycles. The Kier molecular flexibility index (Phi) is 10.3. The first-order chi connectivity index (χ1) is 16.5. The minimum Gasteiger partial charge on any atom is -0.462 e. The van der Waals surface area contributed by atoms with E-state index >= 15 is 0 Å². The number of hydrogen-bond donors (Lipinski definition) is 2. The first-order valence-corrected chi connectivity index (χ1v) is 13.5. The van der Waals surface area contributed by atoms with Crippen molar-refractivity contribution in [2.24, 2.45) is 0 Å². The monoisotopic (exact) mass is 524 g/mol. The van der Waals surface area contributed by atoms with Gasteiger partial charge in [-0.15, -0.1) is 0 Å². The van der Waals surface area contributed by atoms with Gasteiger partial charge < -0.3 is 9.47 Å². The number of hydrogen-bond acceptors (Lipinski definition) is 8. The molecule has 0 atom stereocenters. The number of esters is 2. The average Bonchev–Trinajstić information content (AvgIpc) is 2.79. The highest BCUT2D eigenvalue weighted by Gasteiger charge is 2.22. The second-order valence-corrected chi connectivity index (χ2v) is 10.2. The Labute approximate surface area is 203 Å². The molecule has 0 saturated carbocycles. The molecular weight excluding hydrogens is 500 g/mol. The lowest BCUT2D eigenvalue weighted by atomic mass is 9.97. The van der Waals surface area contributed by atoms with Crippen LogP contribution in [0.15, 0.2) is 78.4 Å². The van der Waals surface area contributed by atoms with Crippen molar-refractivity contribution in [1.82, 2.24) is 0 Å². The van der Waals surface area contributed by atoms with Gasteiger partial charge >= 0.3 is 11.9 Å². The van der Waals surface area contributed by atoms with Gasteiger partial charge in [0.2, 0.25) is 0 Å². The van der Waals surface area contributed by atoms with Gasteiger partial charge in [-0.2, -0.15) is 16.8 Å². The first kappa shape index (κ1) is 27.9. The van der Waals surface area contributed by atoms with Gasteiger partial charge in [-0.1, -0.05) is 66.7 Å². The second kappa shape index (κ2) is 13.0. The Bertz CT molecular complexity index is 1240. The van der Waals surface area contributed by atoms with Crippen LogP contribution in [0.2, 0.25) is 0 Å². The SMILES string of the molecule is O=C(OCCCS(=O)(=O)O)/C(=C\C=C(c1ccccc1)c1ccccc1)C(=O)OCCS(=O)(=O)O. The third kappa shape index (κ3) is 10.6. The fraction of sp³-hybridized carbons (Fsp3) is 0.217. The van der Waals surface area contributed by atoms with Gasteiger partial charge in [0.25, 0.3) is 20.2 Å². The Hall–Kier alpha value is -3.32. The summed E-state index contributed by atoms with van der Waals surface area (Å²) in [6.45, 7) is -1.12. The van der Waals surface area contributed by atoms with Crippen LogP contribution in [-0.2, 0) is 39.3 Å². The Morgan fingerprint density at radius 1 is 0.686 bits per heavy atom. The number of rotatable bonds is 12. The van der Waals surface area contributed by atoms with Crippen molar-refractivity contribution in [3.63, 3.8) is 0 Å². The fourth-order valence-electron chi connectivity index (χ4n) is 2.78. The highest BCUT2D eigenvalue weighted by atomic mass is 32.2. The topological polar surface area (TPSA) is 161 Å². The molecule has 2 rings (SSSR count). The summed E-state index contributed by atoms with van der Waals surface area (Å²) in [7, 11) is -8.66. The molecule has 0 heterocycles. The van der Waals surface area contributed by atoms with Crippen LogP contribution in [0.25, 0.3) is 5.57 Å². The van der Waals surface area contributed by atoms with Crippen molar-refractivity contribution in [3.05, 3.63) is 89.5 Å². The molecule has 0 saturated heterocycles. The van der Waals surface area contributed by atoms with Crippen LogP contribution >= 0.6 is 0 Å². The van der Waals surface area contributed by atoms with E-state index in [1.54, 1.807) is 0 Å². The van der Waals surface area contributed by atoms with Gasteiger partial charge in [0.05, 0.1) is 12.4 Å². The fourth-order valence-corrected chi connectivity index (χ4v) is 3.56. The molecule has 2 aromatic rings. The van der Waals surface area contributed by atoms with Gasteiger partial charge in [0.15, 0.2) is 0 Å². The van der Waals surface area contributed by atoms with Crippen LogP contribution in [0.4, 0.5) is 0 Å². The molecule has 0 aliphatic rings. The molecule has 2 aromatic carbocycles. The molecule has 35 heavy (non-hydrogen) atoms. The standard InChI is InChI=1S/C23H24O10S2/c24-22(32-14-7-16-34(26,27)28)21(23(25)33-15-17-35(29,30)31)13-12-20(18-8-3-1-4-9-18)19-10-5-2-6-11-19/h1-6,8-13H,7,14-17H2,(H,26,27,28)(H,29,30,31)/b21-13+. The van der Waals surface area contributed by atoms with Gasteiger partial charge in [-0.05, 0) is 29.2 Å². The zero-order valence-corrected chi connectivity index (χ0v) is 20.1. The summed E-state index contributed by atoms with van der Waals surface area (Å²) in [4.78, 5) is 25.1. The minimum atomic E-state index is -4.40. The van der Waals surface area contributed by atoms with Crippen LogP contribution in [0, 0.1) is 0 Å². The highest BCUT2D eigenvalue weighted by Crippen LogP contribution is 2.23. The summed E-state index contributed by atoms with van der Waals surface area (Å²) < 4.78 is 70.7. The van der Waals surface area contributed by atoms with E-state index in [0.717, 1.165) is 17.2 Å². The van der Waals surface area contributed by atoms with E-state index in [0.29, 0.717) is 5.57 Å². The van der Waals surface area contributed by atoms with E-state index in [9.17, 15) is 26.4 Å². The summed E-state index contributed by atoms with van der Waals surface area (Å²) in [5.41, 5.74) is 1.61. The van der Waals surface area contributed by atoms with Crippen LogP contribution in [0.5, 0.6) is 0 Å². The molecule has 0 aliphatic carbocycles. The minimum absolute atomic E-state index is 0.217.